The lowest BCUT2D eigenvalue weighted by Gasteiger charge is -2.25. The molecule has 2 rings (SSSR count). The van der Waals surface area contributed by atoms with Crippen molar-refractivity contribution in [2.45, 2.75) is 40.5 Å². The molecule has 0 spiro atoms. The van der Waals surface area contributed by atoms with Crippen LogP contribution in [0.15, 0.2) is 71.1 Å². The van der Waals surface area contributed by atoms with Crippen LogP contribution in [-0.4, -0.2) is 42.5 Å². The average Bonchev–Trinajstić information content (AvgIpc) is 2.97. The molecule has 0 radical (unpaired) electrons. The van der Waals surface area contributed by atoms with Crippen molar-refractivity contribution in [3.63, 3.8) is 0 Å². The fourth-order valence-electron chi connectivity index (χ4n) is 2.14. The van der Waals surface area contributed by atoms with Crippen LogP contribution in [0.1, 0.15) is 26.3 Å². The van der Waals surface area contributed by atoms with Crippen LogP contribution in [0.3, 0.4) is 0 Å². The molecule has 30 heavy (non-hydrogen) atoms. The molecule has 1 atom stereocenters. The smallest absolute Gasteiger partial charge is 0.324 e. The number of nitrogens with zero attached hydrogens (tertiary/aromatic N) is 4. The third-order valence-electron chi connectivity index (χ3n) is 3.39. The minimum absolute atomic E-state index is 0.117. The predicted molar refractivity (Wildman–Crippen MR) is 114 cm³/mol. The van der Waals surface area contributed by atoms with Crippen LogP contribution in [0.25, 0.3) is 0 Å². The van der Waals surface area contributed by atoms with Gasteiger partial charge in [0.25, 0.3) is 0 Å². The molecule has 0 bridgehead atoms. The molecule has 166 valence electrons. The van der Waals surface area contributed by atoms with E-state index < -0.39 is 6.68 Å². The van der Waals surface area contributed by atoms with Crippen molar-refractivity contribution in [2.75, 3.05) is 18.9 Å². The zero-order valence-corrected chi connectivity index (χ0v) is 18.1. The van der Waals surface area contributed by atoms with Crippen molar-refractivity contribution in [3.8, 4) is 0 Å². The topological polar surface area (TPSA) is 60.3 Å². The van der Waals surface area contributed by atoms with Gasteiger partial charge in [-0.2, -0.15) is 23.3 Å². The van der Waals surface area contributed by atoms with Crippen LogP contribution in [0.2, 0.25) is 0 Å². The Morgan fingerprint density at radius 3 is 2.20 bits per heavy atom. The summed E-state index contributed by atoms with van der Waals surface area (Å²) in [5.74, 6) is -0.138. The summed E-state index contributed by atoms with van der Waals surface area (Å²) in [5, 5.41) is 14.4. The summed E-state index contributed by atoms with van der Waals surface area (Å²) in [6.45, 7) is 11.6. The molecule has 1 N–H and O–H groups in total. The maximum absolute atomic E-state index is 12.1. The Morgan fingerprint density at radius 1 is 1.23 bits per heavy atom. The number of hydrogen-bond donors (Lipinski definition) is 1. The number of halogens is 3. The number of alkyl halides is 3. The van der Waals surface area contributed by atoms with Crippen LogP contribution in [0.4, 0.5) is 18.9 Å². The summed E-state index contributed by atoms with van der Waals surface area (Å²) >= 11 is 0. The Bertz CT molecular complexity index is 741. The Hall–Kier alpha value is -2.94. The molecule has 1 unspecified atom stereocenters. The zero-order valence-electron chi connectivity index (χ0n) is 18.1. The summed E-state index contributed by atoms with van der Waals surface area (Å²) in [4.78, 5) is 12.1. The largest absolute Gasteiger partial charge is 0.379 e. The molecule has 1 heterocycles. The minimum Gasteiger partial charge on any atom is -0.324 e. The van der Waals surface area contributed by atoms with Crippen molar-refractivity contribution in [3.05, 3.63) is 66.3 Å². The molecular weight excluding hydrogens is 395 g/mol. The summed E-state index contributed by atoms with van der Waals surface area (Å²) in [6, 6.07) is 7.66. The van der Waals surface area contributed by atoms with Crippen molar-refractivity contribution in [1.29, 1.82) is 0 Å². The van der Waals surface area contributed by atoms with Gasteiger partial charge < -0.3 is 5.32 Å². The predicted octanol–water partition coefficient (Wildman–Crippen LogP) is 5.68. The van der Waals surface area contributed by atoms with Gasteiger partial charge in [-0.3, -0.25) is 4.79 Å². The summed E-state index contributed by atoms with van der Waals surface area (Å²) in [6.07, 6.45) is 3.41. The highest BCUT2D eigenvalue weighted by Gasteiger charge is 2.28. The maximum Gasteiger partial charge on any atom is 0.379 e. The van der Waals surface area contributed by atoms with Crippen molar-refractivity contribution in [1.82, 2.24) is 10.1 Å². The van der Waals surface area contributed by atoms with E-state index in [1.54, 1.807) is 11.2 Å². The van der Waals surface area contributed by atoms with Gasteiger partial charge in [-0.05, 0) is 45.4 Å². The van der Waals surface area contributed by atoms with Crippen LogP contribution in [-0.2, 0) is 4.79 Å². The van der Waals surface area contributed by atoms with Gasteiger partial charge in [0.05, 0.1) is 0 Å². The van der Waals surface area contributed by atoms with Gasteiger partial charge in [-0.15, -0.1) is 11.7 Å². The second-order valence-electron chi connectivity index (χ2n) is 6.70. The van der Waals surface area contributed by atoms with E-state index in [1.807, 2.05) is 70.1 Å². The Labute approximate surface area is 176 Å². The van der Waals surface area contributed by atoms with Gasteiger partial charge in [0, 0.05) is 12.7 Å². The molecule has 1 aromatic rings. The van der Waals surface area contributed by atoms with Gasteiger partial charge in [0.2, 0.25) is 5.91 Å². The lowest BCUT2D eigenvalue weighted by Crippen LogP contribution is -2.42. The fourth-order valence-corrected chi connectivity index (χ4v) is 2.14. The molecule has 1 aliphatic rings. The standard InChI is InChI=1S/C16H21N5O.C4H8.CHF3/c1-5-6-13(3)16-18-19-21(20(16)4)11-15(22)17-14-9-7-12(2)8-10-14;1-4(2)3;2-1(3)4/h5-10,16H,1,11H2,2-4H3,(H,17,22);1H2,2-3H3;1H/b13-6+;;. The summed E-state index contributed by atoms with van der Waals surface area (Å²) in [5.41, 5.74) is 4.11. The van der Waals surface area contributed by atoms with Crippen LogP contribution in [0, 0.1) is 6.92 Å². The third kappa shape index (κ3) is 11.8. The molecule has 0 saturated heterocycles. The van der Waals surface area contributed by atoms with Crippen molar-refractivity contribution < 1.29 is 18.0 Å². The fraction of sp³-hybridized carbons (Fsp3) is 0.381. The first-order valence-corrected chi connectivity index (χ1v) is 9.09. The van der Waals surface area contributed by atoms with Crippen LogP contribution in [0.5, 0.6) is 0 Å². The average molecular weight is 425 g/mol. The highest BCUT2D eigenvalue weighted by Crippen LogP contribution is 2.20. The number of anilines is 1. The van der Waals surface area contributed by atoms with E-state index in [2.05, 4.69) is 28.8 Å². The Morgan fingerprint density at radius 2 is 1.73 bits per heavy atom. The number of likely N-dealkylation sites (N-methyl/N-ethyl adjacent to an activating group) is 1. The molecule has 0 aromatic heterocycles. The second kappa shape index (κ2) is 14.1. The number of aryl methyl sites for hydroxylation is 1. The molecule has 1 aliphatic heterocycles. The number of hydrogen-bond acceptors (Lipinski definition) is 5. The first-order chi connectivity index (χ1) is 14.0. The summed E-state index contributed by atoms with van der Waals surface area (Å²) in [7, 11) is 1.85. The summed E-state index contributed by atoms with van der Waals surface area (Å²) < 4.78 is 29.0. The SMILES string of the molecule is C=C(C)C.C=C/C=C(\C)C1N=NN(CC(=O)Nc2ccc(C)cc2)N1C.FC(F)F. The van der Waals surface area contributed by atoms with Gasteiger partial charge in [-0.25, -0.2) is 0 Å². The van der Waals surface area contributed by atoms with E-state index in [-0.39, 0.29) is 18.6 Å². The highest BCUT2D eigenvalue weighted by molar-refractivity contribution is 5.92. The van der Waals surface area contributed by atoms with E-state index >= 15 is 0 Å². The molecule has 0 fully saturated rings. The normalized spacial score (nSPS) is 15.7. The lowest BCUT2D eigenvalue weighted by molar-refractivity contribution is -0.121. The quantitative estimate of drug-likeness (QED) is 0.488. The van der Waals surface area contributed by atoms with E-state index in [4.69, 9.17) is 0 Å². The lowest BCUT2D eigenvalue weighted by atomic mass is 10.2. The number of amides is 1. The number of hydrazine groups is 1. The van der Waals surface area contributed by atoms with Crippen LogP contribution >= 0.6 is 0 Å². The second-order valence-corrected chi connectivity index (χ2v) is 6.70. The van der Waals surface area contributed by atoms with Crippen molar-refractivity contribution in [2.24, 2.45) is 10.3 Å². The molecule has 1 amide bonds. The Kier molecular flexibility index (Phi) is 12.7. The molecule has 0 saturated carbocycles. The van der Waals surface area contributed by atoms with Gasteiger partial charge in [-0.1, -0.05) is 47.2 Å². The van der Waals surface area contributed by atoms with E-state index in [9.17, 15) is 18.0 Å². The molecule has 1 aromatic carbocycles. The Balaban J connectivity index is 0.000000901. The van der Waals surface area contributed by atoms with Crippen LogP contribution < -0.4 is 5.32 Å². The van der Waals surface area contributed by atoms with E-state index in [0.717, 1.165) is 16.8 Å². The number of carbonyl (C=O) groups excluding carboxylic acids is 1. The number of nitrogens with one attached hydrogen (secondary N) is 1. The maximum atomic E-state index is 12.1. The van der Waals surface area contributed by atoms with E-state index in [0.29, 0.717) is 0 Å². The first kappa shape index (κ1) is 27.1. The molecule has 9 heteroatoms. The number of carbonyl (C=O) groups is 1. The van der Waals surface area contributed by atoms with Gasteiger partial charge in [0.15, 0.2) is 6.17 Å². The van der Waals surface area contributed by atoms with Gasteiger partial charge in [0.1, 0.15) is 6.54 Å². The molecule has 0 aliphatic carbocycles. The number of allylic oxidation sites excluding steroid dienone is 3. The monoisotopic (exact) mass is 425 g/mol. The van der Waals surface area contributed by atoms with Gasteiger partial charge >= 0.3 is 6.68 Å². The first-order valence-electron chi connectivity index (χ1n) is 9.09. The number of benzene rings is 1. The van der Waals surface area contributed by atoms with Crippen molar-refractivity contribution >= 4 is 11.6 Å². The molecular formula is C21H30F3N5O. The third-order valence-corrected chi connectivity index (χ3v) is 3.39. The minimum atomic E-state index is -3.67. The molecule has 6 nitrogen and oxygen atoms in total. The number of rotatable bonds is 5. The van der Waals surface area contributed by atoms with E-state index in [1.165, 1.54) is 5.57 Å². The zero-order chi connectivity index (χ0) is 23.3. The highest BCUT2D eigenvalue weighted by atomic mass is 19.4.